The molecule has 0 radical (unpaired) electrons. The highest BCUT2D eigenvalue weighted by atomic mass is 16.3. The van der Waals surface area contributed by atoms with Crippen molar-refractivity contribution in [2.75, 3.05) is 6.54 Å². The smallest absolute Gasteiger partial charge is 0.237 e. The molecule has 0 saturated heterocycles. The molecule has 0 heterocycles. The van der Waals surface area contributed by atoms with E-state index in [2.05, 4.69) is 9.98 Å². The zero-order valence-corrected chi connectivity index (χ0v) is 9.54. The third-order valence-corrected chi connectivity index (χ3v) is 2.59. The Labute approximate surface area is 93.7 Å². The fourth-order valence-corrected chi connectivity index (χ4v) is 1.38. The van der Waals surface area contributed by atoms with Crippen molar-refractivity contribution in [2.45, 2.75) is 33.1 Å². The molecule has 0 fully saturated rings. The largest absolute Gasteiger partial charge is 0.392 e. The molecule has 0 spiro atoms. The van der Waals surface area contributed by atoms with Gasteiger partial charge < -0.3 is 10.2 Å². The molecule has 90 valence electrons. The summed E-state index contributed by atoms with van der Waals surface area (Å²) in [6, 6.07) is 0. The molecule has 0 aliphatic heterocycles. The lowest BCUT2D eigenvalue weighted by Gasteiger charge is -2.35. The maximum Gasteiger partial charge on any atom is 0.237 e. The number of carbonyl (C=O) groups excluding carboxylic acids is 2. The molecule has 0 rings (SSSR count). The predicted octanol–water partition coefficient (Wildman–Crippen LogP) is -0.000400. The first-order chi connectivity index (χ1) is 7.37. The lowest BCUT2D eigenvalue weighted by molar-refractivity contribution is -0.0651. The average Bonchev–Trinajstić information content (AvgIpc) is 2.24. The summed E-state index contributed by atoms with van der Waals surface area (Å²) in [7, 11) is 0. The standard InChI is InChI=1S/C10H16N2O4/c1-7(4-11-5-13)8(15)10(2,3)9(16)12-6-14/h7-9,15-16H,4H2,1-3H3. The minimum atomic E-state index is -1.34. The van der Waals surface area contributed by atoms with E-state index in [0.29, 0.717) is 0 Å². The van der Waals surface area contributed by atoms with Crippen LogP contribution in [0.1, 0.15) is 20.8 Å². The molecule has 0 aliphatic rings. The Balaban J connectivity index is 4.72. The zero-order chi connectivity index (χ0) is 12.8. The number of hydrogen-bond donors (Lipinski definition) is 2. The molecule has 0 aromatic carbocycles. The Morgan fingerprint density at radius 3 is 2.25 bits per heavy atom. The van der Waals surface area contributed by atoms with Gasteiger partial charge in [0, 0.05) is 11.3 Å². The number of rotatable bonds is 6. The quantitative estimate of drug-likeness (QED) is 0.493. The van der Waals surface area contributed by atoms with E-state index in [1.54, 1.807) is 20.8 Å². The maximum absolute atomic E-state index is 10.0. The van der Waals surface area contributed by atoms with Crippen LogP contribution in [0, 0.1) is 11.3 Å². The molecule has 2 N–H and O–H groups in total. The lowest BCUT2D eigenvalue weighted by atomic mass is 9.78. The summed E-state index contributed by atoms with van der Waals surface area (Å²) in [5.41, 5.74) is -1.02. The van der Waals surface area contributed by atoms with Crippen molar-refractivity contribution < 1.29 is 19.8 Å². The fourth-order valence-electron chi connectivity index (χ4n) is 1.38. The van der Waals surface area contributed by atoms with Gasteiger partial charge in [-0.2, -0.15) is 4.99 Å². The van der Waals surface area contributed by atoms with Crippen LogP contribution in [0.4, 0.5) is 0 Å². The molecule has 6 nitrogen and oxygen atoms in total. The van der Waals surface area contributed by atoms with E-state index in [0.717, 1.165) is 0 Å². The summed E-state index contributed by atoms with van der Waals surface area (Å²) < 4.78 is 0. The fraction of sp³-hybridized carbons (Fsp3) is 0.800. The van der Waals surface area contributed by atoms with Gasteiger partial charge in [-0.1, -0.05) is 20.8 Å². The Hall–Kier alpha value is -1.32. The number of aliphatic hydroxyl groups excluding tert-OH is 2. The molecule has 0 saturated carbocycles. The van der Waals surface area contributed by atoms with Gasteiger partial charge in [-0.3, -0.25) is 0 Å². The first kappa shape index (κ1) is 14.7. The first-order valence-electron chi connectivity index (χ1n) is 4.84. The lowest BCUT2D eigenvalue weighted by Crippen LogP contribution is -2.43. The zero-order valence-electron chi connectivity index (χ0n) is 9.54. The first-order valence-corrected chi connectivity index (χ1v) is 4.84. The van der Waals surface area contributed by atoms with Crippen molar-refractivity contribution in [3.8, 4) is 0 Å². The Kier molecular flexibility index (Phi) is 5.78. The molecule has 0 bridgehead atoms. The Morgan fingerprint density at radius 1 is 1.25 bits per heavy atom. The third-order valence-electron chi connectivity index (χ3n) is 2.59. The summed E-state index contributed by atoms with van der Waals surface area (Å²) >= 11 is 0. The summed E-state index contributed by atoms with van der Waals surface area (Å²) in [4.78, 5) is 26.5. The van der Waals surface area contributed by atoms with Gasteiger partial charge in [0.15, 0.2) is 6.23 Å². The van der Waals surface area contributed by atoms with Crippen LogP contribution in [0.5, 0.6) is 0 Å². The molecule has 6 heteroatoms. The third kappa shape index (κ3) is 3.68. The molecular weight excluding hydrogens is 212 g/mol. The van der Waals surface area contributed by atoms with Gasteiger partial charge >= 0.3 is 0 Å². The van der Waals surface area contributed by atoms with Gasteiger partial charge in [-0.05, 0) is 0 Å². The van der Waals surface area contributed by atoms with Crippen molar-refractivity contribution >= 4 is 12.2 Å². The highest BCUT2D eigenvalue weighted by Gasteiger charge is 2.38. The van der Waals surface area contributed by atoms with Crippen molar-refractivity contribution in [1.29, 1.82) is 0 Å². The minimum absolute atomic E-state index is 0.103. The monoisotopic (exact) mass is 228 g/mol. The summed E-state index contributed by atoms with van der Waals surface area (Å²) in [5.74, 6) is -0.354. The summed E-state index contributed by atoms with van der Waals surface area (Å²) in [5, 5.41) is 19.5. The van der Waals surface area contributed by atoms with Gasteiger partial charge in [0.05, 0.1) is 12.6 Å². The van der Waals surface area contributed by atoms with Gasteiger partial charge in [-0.15, -0.1) is 0 Å². The van der Waals surface area contributed by atoms with Crippen LogP contribution < -0.4 is 0 Å². The van der Waals surface area contributed by atoms with Crippen LogP contribution in [0.25, 0.3) is 0 Å². The Morgan fingerprint density at radius 2 is 1.81 bits per heavy atom. The number of nitrogens with zero attached hydrogens (tertiary/aromatic N) is 2. The van der Waals surface area contributed by atoms with Crippen molar-refractivity contribution in [1.82, 2.24) is 0 Å². The molecule has 0 aromatic heterocycles. The van der Waals surface area contributed by atoms with E-state index < -0.39 is 17.7 Å². The van der Waals surface area contributed by atoms with Crippen molar-refractivity contribution in [2.24, 2.45) is 21.3 Å². The van der Waals surface area contributed by atoms with E-state index in [1.807, 2.05) is 0 Å². The topological polar surface area (TPSA) is 99.3 Å². The molecule has 0 aromatic rings. The number of aliphatic imine (C=N–C) groups is 2. The van der Waals surface area contributed by atoms with Crippen LogP contribution in [-0.4, -0.2) is 41.2 Å². The maximum atomic E-state index is 10.0. The van der Waals surface area contributed by atoms with E-state index >= 15 is 0 Å². The molecule has 16 heavy (non-hydrogen) atoms. The minimum Gasteiger partial charge on any atom is -0.392 e. The van der Waals surface area contributed by atoms with E-state index in [1.165, 1.54) is 12.2 Å². The van der Waals surface area contributed by atoms with Crippen LogP contribution >= 0.6 is 0 Å². The highest BCUT2D eigenvalue weighted by molar-refractivity contribution is 5.33. The van der Waals surface area contributed by atoms with Gasteiger partial charge in [-0.25, -0.2) is 14.6 Å². The Bertz CT molecular complexity index is 317. The molecular formula is C10H16N2O4. The summed E-state index contributed by atoms with van der Waals surface area (Å²) in [6.07, 6.45) is 0.307. The van der Waals surface area contributed by atoms with E-state index in [-0.39, 0.29) is 12.5 Å². The van der Waals surface area contributed by atoms with Gasteiger partial charge in [0.1, 0.15) is 0 Å². The second-order valence-electron chi connectivity index (χ2n) is 4.27. The van der Waals surface area contributed by atoms with Crippen LogP contribution in [0.2, 0.25) is 0 Å². The predicted molar refractivity (Wildman–Crippen MR) is 56.1 cm³/mol. The van der Waals surface area contributed by atoms with Crippen LogP contribution in [0.3, 0.4) is 0 Å². The van der Waals surface area contributed by atoms with Crippen molar-refractivity contribution in [3.05, 3.63) is 0 Å². The van der Waals surface area contributed by atoms with Crippen LogP contribution in [0.15, 0.2) is 9.98 Å². The van der Waals surface area contributed by atoms with Gasteiger partial charge in [0.2, 0.25) is 12.2 Å². The summed E-state index contributed by atoms with van der Waals surface area (Å²) in [6.45, 7) is 4.89. The van der Waals surface area contributed by atoms with Gasteiger partial charge in [0.25, 0.3) is 0 Å². The number of hydrogen-bond acceptors (Lipinski definition) is 6. The van der Waals surface area contributed by atoms with Crippen LogP contribution in [-0.2, 0) is 9.59 Å². The SMILES string of the molecule is CC(CN=C=O)C(O)C(C)(C)C(O)N=C=O. The number of aliphatic hydroxyl groups is 2. The van der Waals surface area contributed by atoms with Crippen molar-refractivity contribution in [3.63, 3.8) is 0 Å². The normalized spacial score (nSPS) is 16.6. The molecule has 0 amide bonds. The number of isocyanates is 2. The second kappa shape index (κ2) is 6.30. The molecule has 3 atom stereocenters. The van der Waals surface area contributed by atoms with E-state index in [9.17, 15) is 19.8 Å². The van der Waals surface area contributed by atoms with E-state index in [4.69, 9.17) is 0 Å². The molecule has 0 aliphatic carbocycles. The highest BCUT2D eigenvalue weighted by Crippen LogP contribution is 2.30. The second-order valence-corrected chi connectivity index (χ2v) is 4.27. The molecule has 3 unspecified atom stereocenters. The average molecular weight is 228 g/mol.